The Labute approximate surface area is 146 Å². The molecule has 0 spiro atoms. The summed E-state index contributed by atoms with van der Waals surface area (Å²) in [6, 6.07) is 1.86. The zero-order valence-electron chi connectivity index (χ0n) is 13.5. The molecule has 4 nitrogen and oxygen atoms in total. The van der Waals surface area contributed by atoms with Gasteiger partial charge in [0.2, 0.25) is 0 Å². The van der Waals surface area contributed by atoms with E-state index in [-0.39, 0.29) is 6.09 Å². The standard InChI is InChI=1S/C17H20Cl2N2O2/c1-17(2,3)23-16(22)21-8-12-4-10(5-13(12)9-21)11-6-14(18)15(19)20-7-11/h4,6-7,12-13H,5,8-9H2,1-3H3. The SMILES string of the molecule is CC(C)(C)OC(=O)N1CC2C=C(c3cnc(Cl)c(Cl)c3)CC2C1. The first-order valence-electron chi connectivity index (χ1n) is 7.73. The summed E-state index contributed by atoms with van der Waals surface area (Å²) >= 11 is 11.9. The molecule has 0 saturated carbocycles. The molecule has 2 heterocycles. The highest BCUT2D eigenvalue weighted by Gasteiger charge is 2.39. The van der Waals surface area contributed by atoms with Crippen molar-refractivity contribution in [3.8, 4) is 0 Å². The van der Waals surface area contributed by atoms with Crippen LogP contribution in [0.15, 0.2) is 18.3 Å². The first-order valence-corrected chi connectivity index (χ1v) is 8.48. The van der Waals surface area contributed by atoms with Crippen molar-refractivity contribution in [3.63, 3.8) is 0 Å². The van der Waals surface area contributed by atoms with E-state index >= 15 is 0 Å². The Morgan fingerprint density at radius 2 is 2.09 bits per heavy atom. The minimum absolute atomic E-state index is 0.224. The lowest BCUT2D eigenvalue weighted by molar-refractivity contribution is 0.0285. The second-order valence-electron chi connectivity index (χ2n) is 7.20. The predicted molar refractivity (Wildman–Crippen MR) is 91.6 cm³/mol. The Balaban J connectivity index is 1.68. The number of rotatable bonds is 1. The molecule has 1 aliphatic carbocycles. The van der Waals surface area contributed by atoms with Gasteiger partial charge in [0.05, 0.1) is 5.02 Å². The lowest BCUT2D eigenvalue weighted by Gasteiger charge is -2.24. The minimum atomic E-state index is -0.457. The van der Waals surface area contributed by atoms with E-state index in [2.05, 4.69) is 11.1 Å². The van der Waals surface area contributed by atoms with Crippen molar-refractivity contribution < 1.29 is 9.53 Å². The quantitative estimate of drug-likeness (QED) is 0.688. The number of amides is 1. The van der Waals surface area contributed by atoms with Gasteiger partial charge in [-0.05, 0) is 56.2 Å². The van der Waals surface area contributed by atoms with Gasteiger partial charge in [-0.3, -0.25) is 0 Å². The van der Waals surface area contributed by atoms with E-state index in [0.29, 0.717) is 28.6 Å². The van der Waals surface area contributed by atoms with Crippen molar-refractivity contribution in [2.45, 2.75) is 32.8 Å². The van der Waals surface area contributed by atoms with Gasteiger partial charge in [0.25, 0.3) is 0 Å². The summed E-state index contributed by atoms with van der Waals surface area (Å²) in [5.74, 6) is 0.805. The molecule has 1 aromatic rings. The van der Waals surface area contributed by atoms with Crippen LogP contribution in [0.2, 0.25) is 10.2 Å². The highest BCUT2D eigenvalue weighted by molar-refractivity contribution is 6.41. The van der Waals surface area contributed by atoms with Crippen LogP contribution in [0.4, 0.5) is 4.79 Å². The molecule has 124 valence electrons. The van der Waals surface area contributed by atoms with Gasteiger partial charge in [-0.15, -0.1) is 0 Å². The van der Waals surface area contributed by atoms with Crippen LogP contribution in [-0.4, -0.2) is 34.7 Å². The first-order chi connectivity index (χ1) is 10.7. The molecule has 1 saturated heterocycles. The molecule has 6 heteroatoms. The van der Waals surface area contributed by atoms with E-state index in [1.165, 1.54) is 5.57 Å². The largest absolute Gasteiger partial charge is 0.444 e. The van der Waals surface area contributed by atoms with Gasteiger partial charge in [0, 0.05) is 19.3 Å². The topological polar surface area (TPSA) is 42.4 Å². The summed E-state index contributed by atoms with van der Waals surface area (Å²) in [6.45, 7) is 7.09. The number of carbonyl (C=O) groups excluding carboxylic acids is 1. The molecular formula is C17H20Cl2N2O2. The number of hydrogen-bond donors (Lipinski definition) is 0. The number of hydrogen-bond acceptors (Lipinski definition) is 3. The fourth-order valence-electron chi connectivity index (χ4n) is 3.20. The fourth-order valence-corrected chi connectivity index (χ4v) is 3.47. The second kappa shape index (κ2) is 5.99. The molecule has 0 radical (unpaired) electrons. The predicted octanol–water partition coefficient (Wildman–Crippen LogP) is 4.66. The van der Waals surface area contributed by atoms with Gasteiger partial charge in [-0.25, -0.2) is 9.78 Å². The monoisotopic (exact) mass is 354 g/mol. The number of aromatic nitrogens is 1. The fraction of sp³-hybridized carbons (Fsp3) is 0.529. The van der Waals surface area contributed by atoms with Gasteiger partial charge in [0.1, 0.15) is 10.8 Å². The average Bonchev–Trinajstić information content (AvgIpc) is 2.98. The summed E-state index contributed by atoms with van der Waals surface area (Å²) in [5, 5.41) is 0.794. The van der Waals surface area contributed by atoms with Crippen LogP contribution in [0, 0.1) is 11.8 Å². The number of nitrogens with zero attached hydrogens (tertiary/aromatic N) is 2. The molecule has 0 aromatic carbocycles. The van der Waals surface area contributed by atoms with Gasteiger partial charge in [-0.1, -0.05) is 29.3 Å². The van der Waals surface area contributed by atoms with Crippen LogP contribution in [0.5, 0.6) is 0 Å². The molecule has 2 atom stereocenters. The number of pyridine rings is 1. The van der Waals surface area contributed by atoms with Crippen molar-refractivity contribution >= 4 is 34.9 Å². The normalized spacial score (nSPS) is 23.7. The number of carbonyl (C=O) groups is 1. The molecule has 1 fully saturated rings. The molecule has 3 rings (SSSR count). The Bertz CT molecular complexity index is 667. The summed E-state index contributed by atoms with van der Waals surface area (Å²) in [6.07, 6.45) is 4.69. The molecule has 1 aromatic heterocycles. The van der Waals surface area contributed by atoms with Crippen molar-refractivity contribution in [2.75, 3.05) is 13.1 Å². The number of allylic oxidation sites excluding steroid dienone is 1. The molecule has 23 heavy (non-hydrogen) atoms. The van der Waals surface area contributed by atoms with Crippen molar-refractivity contribution in [2.24, 2.45) is 11.8 Å². The lowest BCUT2D eigenvalue weighted by Crippen LogP contribution is -2.35. The van der Waals surface area contributed by atoms with Crippen LogP contribution in [0.25, 0.3) is 5.57 Å². The van der Waals surface area contributed by atoms with Crippen LogP contribution >= 0.6 is 23.2 Å². The van der Waals surface area contributed by atoms with E-state index < -0.39 is 5.60 Å². The minimum Gasteiger partial charge on any atom is -0.444 e. The number of fused-ring (bicyclic) bond motifs is 1. The molecule has 1 aliphatic heterocycles. The van der Waals surface area contributed by atoms with Gasteiger partial charge >= 0.3 is 6.09 Å². The molecule has 1 amide bonds. The maximum absolute atomic E-state index is 12.2. The van der Waals surface area contributed by atoms with Crippen LogP contribution < -0.4 is 0 Å². The summed E-state index contributed by atoms with van der Waals surface area (Å²) in [5.41, 5.74) is 1.79. The maximum atomic E-state index is 12.2. The summed E-state index contributed by atoms with van der Waals surface area (Å²) in [7, 11) is 0. The van der Waals surface area contributed by atoms with Gasteiger partial charge < -0.3 is 9.64 Å². The van der Waals surface area contributed by atoms with E-state index in [0.717, 1.165) is 18.5 Å². The molecule has 0 N–H and O–H groups in total. The second-order valence-corrected chi connectivity index (χ2v) is 7.97. The smallest absolute Gasteiger partial charge is 0.410 e. The summed E-state index contributed by atoms with van der Waals surface area (Å²) in [4.78, 5) is 18.1. The van der Waals surface area contributed by atoms with E-state index in [4.69, 9.17) is 27.9 Å². The highest BCUT2D eigenvalue weighted by atomic mass is 35.5. The number of ether oxygens (including phenoxy) is 1. The van der Waals surface area contributed by atoms with Gasteiger partial charge in [0.15, 0.2) is 0 Å². The Hall–Kier alpha value is -1.26. The Morgan fingerprint density at radius 1 is 1.35 bits per heavy atom. The molecule has 0 bridgehead atoms. The highest BCUT2D eigenvalue weighted by Crippen LogP contribution is 2.41. The number of halogens is 2. The zero-order valence-corrected chi connectivity index (χ0v) is 15.0. The number of likely N-dealkylation sites (tertiary alicyclic amines) is 1. The van der Waals surface area contributed by atoms with E-state index in [9.17, 15) is 4.79 Å². The molecule has 2 unspecified atom stereocenters. The van der Waals surface area contributed by atoms with Crippen molar-refractivity contribution in [1.29, 1.82) is 0 Å². The van der Waals surface area contributed by atoms with E-state index in [1.54, 1.807) is 11.1 Å². The molecule has 2 aliphatic rings. The first kappa shape index (κ1) is 16.6. The summed E-state index contributed by atoms with van der Waals surface area (Å²) < 4.78 is 5.45. The third-order valence-corrected chi connectivity index (χ3v) is 4.89. The zero-order chi connectivity index (χ0) is 16.8. The van der Waals surface area contributed by atoms with Crippen LogP contribution in [-0.2, 0) is 4.74 Å². The van der Waals surface area contributed by atoms with Crippen molar-refractivity contribution in [3.05, 3.63) is 34.1 Å². The Kier molecular flexibility index (Phi) is 4.32. The van der Waals surface area contributed by atoms with Gasteiger partial charge in [-0.2, -0.15) is 0 Å². The third kappa shape index (κ3) is 3.64. The van der Waals surface area contributed by atoms with E-state index in [1.807, 2.05) is 26.8 Å². The van der Waals surface area contributed by atoms with Crippen LogP contribution in [0.1, 0.15) is 32.8 Å². The third-order valence-electron chi connectivity index (χ3n) is 4.21. The average molecular weight is 355 g/mol. The lowest BCUT2D eigenvalue weighted by atomic mass is 9.99. The van der Waals surface area contributed by atoms with Crippen molar-refractivity contribution in [1.82, 2.24) is 9.88 Å². The molecular weight excluding hydrogens is 335 g/mol. The maximum Gasteiger partial charge on any atom is 0.410 e. The van der Waals surface area contributed by atoms with Crippen LogP contribution in [0.3, 0.4) is 0 Å². The Morgan fingerprint density at radius 3 is 2.70 bits per heavy atom.